The summed E-state index contributed by atoms with van der Waals surface area (Å²) in [4.78, 5) is 11.3. The maximum atomic E-state index is 11.3. The van der Waals surface area contributed by atoms with E-state index < -0.39 is 0 Å². The molecule has 2 aromatic rings. The lowest BCUT2D eigenvalue weighted by molar-refractivity contribution is -0.115. The van der Waals surface area contributed by atoms with Crippen LogP contribution in [0.25, 0.3) is 10.8 Å². The van der Waals surface area contributed by atoms with Gasteiger partial charge in [-0.2, -0.15) is 0 Å². The van der Waals surface area contributed by atoms with Crippen LogP contribution in [0.4, 0.5) is 0 Å². The summed E-state index contributed by atoms with van der Waals surface area (Å²) < 4.78 is 0. The molecular formula is C16H16O. The lowest BCUT2D eigenvalue weighted by atomic mass is 9.65. The van der Waals surface area contributed by atoms with Crippen molar-refractivity contribution in [2.75, 3.05) is 0 Å². The fourth-order valence-electron chi connectivity index (χ4n) is 2.77. The average Bonchev–Trinajstić information content (AvgIpc) is 2.29. The van der Waals surface area contributed by atoms with Crippen LogP contribution in [0.2, 0.25) is 0 Å². The second kappa shape index (κ2) is 3.69. The number of aryl methyl sites for hydroxylation is 1. The first-order chi connectivity index (χ1) is 8.25. The van der Waals surface area contributed by atoms with Gasteiger partial charge in [0, 0.05) is 0 Å². The average molecular weight is 224 g/mol. The molecule has 17 heavy (non-hydrogen) atoms. The number of fused-ring (bicyclic) bond motifs is 1. The molecule has 1 fully saturated rings. The smallest absolute Gasteiger partial charge is 0.130 e. The molecule has 0 N–H and O–H groups in total. The van der Waals surface area contributed by atoms with Crippen LogP contribution < -0.4 is 0 Å². The summed E-state index contributed by atoms with van der Waals surface area (Å²) in [6.07, 6.45) is 4.34. The van der Waals surface area contributed by atoms with Crippen molar-refractivity contribution in [1.82, 2.24) is 0 Å². The van der Waals surface area contributed by atoms with Gasteiger partial charge in [0.1, 0.15) is 6.29 Å². The first kappa shape index (κ1) is 10.5. The molecule has 3 rings (SSSR count). The number of hydrogen-bond acceptors (Lipinski definition) is 1. The molecule has 86 valence electrons. The summed E-state index contributed by atoms with van der Waals surface area (Å²) in [5, 5.41) is 2.53. The molecule has 0 bridgehead atoms. The van der Waals surface area contributed by atoms with Gasteiger partial charge in [-0.3, -0.25) is 0 Å². The lowest BCUT2D eigenvalue weighted by Crippen LogP contribution is -2.35. The molecular weight excluding hydrogens is 208 g/mol. The van der Waals surface area contributed by atoms with Crippen LogP contribution in [0.15, 0.2) is 36.4 Å². The van der Waals surface area contributed by atoms with Crippen LogP contribution in [0.5, 0.6) is 0 Å². The summed E-state index contributed by atoms with van der Waals surface area (Å²) in [5.41, 5.74) is 2.29. The standard InChI is InChI=1S/C16H16O/c1-12-4-2-5-13-6-7-14(10-15(12)13)16(11-17)8-3-9-16/h2,4-7,10-11H,3,8-9H2,1H3. The molecule has 0 atom stereocenters. The Balaban J connectivity index is 2.19. The number of aldehydes is 1. The van der Waals surface area contributed by atoms with Crippen LogP contribution in [0.3, 0.4) is 0 Å². The normalized spacial score (nSPS) is 17.7. The highest BCUT2D eigenvalue weighted by Gasteiger charge is 2.38. The van der Waals surface area contributed by atoms with Crippen LogP contribution in [-0.2, 0) is 10.2 Å². The van der Waals surface area contributed by atoms with Crippen LogP contribution >= 0.6 is 0 Å². The van der Waals surface area contributed by atoms with Gasteiger partial charge in [0.05, 0.1) is 5.41 Å². The van der Waals surface area contributed by atoms with Gasteiger partial charge in [0.15, 0.2) is 0 Å². The van der Waals surface area contributed by atoms with Crippen LogP contribution in [0, 0.1) is 6.92 Å². The number of benzene rings is 2. The molecule has 0 amide bonds. The zero-order valence-corrected chi connectivity index (χ0v) is 10.1. The van der Waals surface area contributed by atoms with E-state index in [1.165, 1.54) is 28.3 Å². The van der Waals surface area contributed by atoms with E-state index in [-0.39, 0.29) is 5.41 Å². The Morgan fingerprint density at radius 1 is 1.18 bits per heavy atom. The Labute approximate surface area is 101 Å². The quantitative estimate of drug-likeness (QED) is 0.710. The Hall–Kier alpha value is -1.63. The fraction of sp³-hybridized carbons (Fsp3) is 0.312. The van der Waals surface area contributed by atoms with Crippen molar-refractivity contribution in [1.29, 1.82) is 0 Å². The largest absolute Gasteiger partial charge is 0.302 e. The van der Waals surface area contributed by atoms with Crippen molar-refractivity contribution in [2.24, 2.45) is 0 Å². The van der Waals surface area contributed by atoms with Gasteiger partial charge in [-0.15, -0.1) is 0 Å². The second-order valence-electron chi connectivity index (χ2n) is 5.14. The van der Waals surface area contributed by atoms with Crippen molar-refractivity contribution in [3.63, 3.8) is 0 Å². The van der Waals surface area contributed by atoms with Gasteiger partial charge in [-0.1, -0.05) is 36.8 Å². The van der Waals surface area contributed by atoms with E-state index in [0.29, 0.717) is 0 Å². The van der Waals surface area contributed by atoms with Crippen molar-refractivity contribution in [3.8, 4) is 0 Å². The molecule has 0 aliphatic heterocycles. The molecule has 0 unspecified atom stereocenters. The molecule has 0 radical (unpaired) electrons. The summed E-state index contributed by atoms with van der Waals surface area (Å²) in [6, 6.07) is 12.8. The number of carbonyl (C=O) groups excluding carboxylic acids is 1. The van der Waals surface area contributed by atoms with Crippen molar-refractivity contribution < 1.29 is 4.79 Å². The summed E-state index contributed by atoms with van der Waals surface area (Å²) in [5.74, 6) is 0. The molecule has 0 aromatic heterocycles. The molecule has 1 nitrogen and oxygen atoms in total. The number of hydrogen-bond donors (Lipinski definition) is 0. The predicted octanol–water partition coefficient (Wildman–Crippen LogP) is 3.77. The van der Waals surface area contributed by atoms with E-state index in [0.717, 1.165) is 19.1 Å². The predicted molar refractivity (Wildman–Crippen MR) is 70.3 cm³/mol. The van der Waals surface area contributed by atoms with Gasteiger partial charge >= 0.3 is 0 Å². The zero-order chi connectivity index (χ0) is 11.9. The van der Waals surface area contributed by atoms with Crippen LogP contribution in [0.1, 0.15) is 30.4 Å². The summed E-state index contributed by atoms with van der Waals surface area (Å²) in [6.45, 7) is 2.13. The van der Waals surface area contributed by atoms with Gasteiger partial charge in [0.2, 0.25) is 0 Å². The van der Waals surface area contributed by atoms with E-state index in [9.17, 15) is 4.79 Å². The highest BCUT2D eigenvalue weighted by molar-refractivity contribution is 5.87. The third kappa shape index (κ3) is 1.49. The maximum absolute atomic E-state index is 11.3. The molecule has 0 saturated heterocycles. The number of rotatable bonds is 2. The monoisotopic (exact) mass is 224 g/mol. The van der Waals surface area contributed by atoms with E-state index >= 15 is 0 Å². The summed E-state index contributed by atoms with van der Waals surface area (Å²) in [7, 11) is 0. The maximum Gasteiger partial charge on any atom is 0.130 e. The van der Waals surface area contributed by atoms with E-state index in [4.69, 9.17) is 0 Å². The third-order valence-corrected chi connectivity index (χ3v) is 4.15. The SMILES string of the molecule is Cc1cccc2ccc(C3(C=O)CCC3)cc12. The van der Waals surface area contributed by atoms with Crippen molar-refractivity contribution in [2.45, 2.75) is 31.6 Å². The van der Waals surface area contributed by atoms with Crippen LogP contribution in [-0.4, -0.2) is 6.29 Å². The molecule has 1 aliphatic carbocycles. The first-order valence-electron chi connectivity index (χ1n) is 6.21. The Kier molecular flexibility index (Phi) is 2.29. The Morgan fingerprint density at radius 3 is 2.65 bits per heavy atom. The second-order valence-corrected chi connectivity index (χ2v) is 5.14. The molecule has 1 heteroatoms. The fourth-order valence-corrected chi connectivity index (χ4v) is 2.77. The van der Waals surface area contributed by atoms with E-state index in [1.807, 2.05) is 0 Å². The number of carbonyl (C=O) groups is 1. The minimum absolute atomic E-state index is 0.184. The zero-order valence-electron chi connectivity index (χ0n) is 10.1. The molecule has 1 aliphatic rings. The minimum atomic E-state index is -0.184. The van der Waals surface area contributed by atoms with Crippen molar-refractivity contribution >= 4 is 17.1 Å². The summed E-state index contributed by atoms with van der Waals surface area (Å²) >= 11 is 0. The van der Waals surface area contributed by atoms with Gasteiger partial charge in [-0.05, 0) is 47.7 Å². The van der Waals surface area contributed by atoms with E-state index in [2.05, 4.69) is 43.3 Å². The molecule has 2 aromatic carbocycles. The Morgan fingerprint density at radius 2 is 2.00 bits per heavy atom. The molecule has 0 heterocycles. The Bertz CT molecular complexity index is 579. The highest BCUT2D eigenvalue weighted by Crippen LogP contribution is 2.42. The first-order valence-corrected chi connectivity index (χ1v) is 6.21. The molecule has 1 saturated carbocycles. The van der Waals surface area contributed by atoms with Gasteiger partial charge in [0.25, 0.3) is 0 Å². The van der Waals surface area contributed by atoms with E-state index in [1.54, 1.807) is 0 Å². The third-order valence-electron chi connectivity index (χ3n) is 4.15. The van der Waals surface area contributed by atoms with Gasteiger partial charge in [-0.25, -0.2) is 0 Å². The highest BCUT2D eigenvalue weighted by atomic mass is 16.1. The van der Waals surface area contributed by atoms with Gasteiger partial charge < -0.3 is 4.79 Å². The lowest BCUT2D eigenvalue weighted by Gasteiger charge is -2.37. The topological polar surface area (TPSA) is 17.1 Å². The minimum Gasteiger partial charge on any atom is -0.302 e. The molecule has 0 spiro atoms. The van der Waals surface area contributed by atoms with Crippen molar-refractivity contribution in [3.05, 3.63) is 47.5 Å².